The number of benzene rings is 1. The Kier molecular flexibility index (Phi) is 2.91. The molecule has 2 aromatic heterocycles. The molecule has 0 saturated carbocycles. The van der Waals surface area contributed by atoms with Gasteiger partial charge in [-0.2, -0.15) is 0 Å². The summed E-state index contributed by atoms with van der Waals surface area (Å²) in [5.41, 5.74) is 1.16. The molecule has 4 nitrogen and oxygen atoms in total. The third kappa shape index (κ3) is 2.06. The van der Waals surface area contributed by atoms with Gasteiger partial charge in [-0.1, -0.05) is 22.9 Å². The molecule has 1 aromatic carbocycles. The van der Waals surface area contributed by atoms with Crippen LogP contribution in [0.15, 0.2) is 39.4 Å². The Balaban J connectivity index is 1.95. The molecular weight excluding hydrogens is 294 g/mol. The zero-order valence-corrected chi connectivity index (χ0v) is 11.5. The number of aromatic nitrogens is 3. The first-order valence-corrected chi connectivity index (χ1v) is 6.61. The van der Waals surface area contributed by atoms with Gasteiger partial charge in [0, 0.05) is 28.0 Å². The number of halogens is 1. The summed E-state index contributed by atoms with van der Waals surface area (Å²) >= 11 is 3.47. The highest BCUT2D eigenvalue weighted by molar-refractivity contribution is 9.10. The summed E-state index contributed by atoms with van der Waals surface area (Å²) in [7, 11) is 0. The monoisotopic (exact) mass is 305 g/mol. The summed E-state index contributed by atoms with van der Waals surface area (Å²) in [5.74, 6) is 1.33. The van der Waals surface area contributed by atoms with Gasteiger partial charge in [0.25, 0.3) is 0 Å². The van der Waals surface area contributed by atoms with Gasteiger partial charge >= 0.3 is 0 Å². The maximum Gasteiger partial charge on any atom is 0.236 e. The van der Waals surface area contributed by atoms with Crippen LogP contribution in [-0.2, 0) is 13.0 Å². The van der Waals surface area contributed by atoms with E-state index in [1.165, 1.54) is 5.39 Å². The van der Waals surface area contributed by atoms with Crippen molar-refractivity contribution in [1.82, 2.24) is 14.8 Å². The summed E-state index contributed by atoms with van der Waals surface area (Å²) in [6, 6.07) is 8.29. The molecule has 0 N–H and O–H groups in total. The minimum atomic E-state index is 0.609. The molecule has 3 aromatic rings. The van der Waals surface area contributed by atoms with Gasteiger partial charge in [0.1, 0.15) is 6.54 Å². The second-order valence-corrected chi connectivity index (χ2v) is 5.01. The van der Waals surface area contributed by atoms with Crippen molar-refractivity contribution < 1.29 is 4.42 Å². The lowest BCUT2D eigenvalue weighted by molar-refractivity contribution is 0.444. The molecule has 0 saturated heterocycles. The Labute approximate surface area is 113 Å². The van der Waals surface area contributed by atoms with Crippen LogP contribution in [0.5, 0.6) is 0 Å². The molecule has 0 bridgehead atoms. The SMILES string of the molecule is CCc1nnc(Cn2ccc3cc(Br)ccc32)o1. The van der Waals surface area contributed by atoms with E-state index in [4.69, 9.17) is 4.42 Å². The number of aryl methyl sites for hydroxylation is 1. The molecule has 0 unspecified atom stereocenters. The van der Waals surface area contributed by atoms with E-state index in [1.54, 1.807) is 0 Å². The zero-order valence-electron chi connectivity index (χ0n) is 9.93. The smallest absolute Gasteiger partial charge is 0.236 e. The van der Waals surface area contributed by atoms with Crippen LogP contribution < -0.4 is 0 Å². The number of fused-ring (bicyclic) bond motifs is 1. The van der Waals surface area contributed by atoms with Gasteiger partial charge in [0.2, 0.25) is 11.8 Å². The van der Waals surface area contributed by atoms with Gasteiger partial charge in [-0.3, -0.25) is 0 Å². The third-order valence-electron chi connectivity index (χ3n) is 2.85. The van der Waals surface area contributed by atoms with Crippen LogP contribution in [0, 0.1) is 0 Å². The average Bonchev–Trinajstić information content (AvgIpc) is 2.97. The van der Waals surface area contributed by atoms with E-state index < -0.39 is 0 Å². The molecular formula is C13H12BrN3O. The Morgan fingerprint density at radius 3 is 2.83 bits per heavy atom. The summed E-state index contributed by atoms with van der Waals surface area (Å²) in [6.07, 6.45) is 2.80. The predicted octanol–water partition coefficient (Wildman–Crippen LogP) is 3.40. The highest BCUT2D eigenvalue weighted by atomic mass is 79.9. The summed E-state index contributed by atoms with van der Waals surface area (Å²) in [5, 5.41) is 9.21. The first-order valence-electron chi connectivity index (χ1n) is 5.82. The molecule has 0 spiro atoms. The van der Waals surface area contributed by atoms with E-state index in [2.05, 4.69) is 48.9 Å². The van der Waals surface area contributed by atoms with Gasteiger partial charge in [-0.25, -0.2) is 0 Å². The topological polar surface area (TPSA) is 43.9 Å². The lowest BCUT2D eigenvalue weighted by atomic mass is 10.2. The van der Waals surface area contributed by atoms with Gasteiger partial charge in [0.05, 0.1) is 0 Å². The summed E-state index contributed by atoms with van der Waals surface area (Å²) in [6.45, 7) is 2.61. The maximum absolute atomic E-state index is 5.53. The van der Waals surface area contributed by atoms with E-state index in [0.717, 1.165) is 16.4 Å². The van der Waals surface area contributed by atoms with Gasteiger partial charge in [0.15, 0.2) is 0 Å². The van der Waals surface area contributed by atoms with Gasteiger partial charge in [-0.05, 0) is 24.3 Å². The van der Waals surface area contributed by atoms with Gasteiger partial charge < -0.3 is 8.98 Å². The standard InChI is InChI=1S/C13H12BrN3O/c1-2-12-15-16-13(18-12)8-17-6-5-9-7-10(14)3-4-11(9)17/h3-7H,2,8H2,1H3. The van der Waals surface area contributed by atoms with Crippen molar-refractivity contribution in [3.63, 3.8) is 0 Å². The fourth-order valence-electron chi connectivity index (χ4n) is 1.95. The van der Waals surface area contributed by atoms with Crippen molar-refractivity contribution >= 4 is 26.8 Å². The first-order chi connectivity index (χ1) is 8.76. The van der Waals surface area contributed by atoms with E-state index in [-0.39, 0.29) is 0 Å². The van der Waals surface area contributed by atoms with Crippen LogP contribution in [0.2, 0.25) is 0 Å². The normalized spacial score (nSPS) is 11.2. The molecule has 0 aliphatic heterocycles. The predicted molar refractivity (Wildman–Crippen MR) is 72.4 cm³/mol. The summed E-state index contributed by atoms with van der Waals surface area (Å²) < 4.78 is 8.71. The third-order valence-corrected chi connectivity index (χ3v) is 3.34. The number of rotatable bonds is 3. The average molecular weight is 306 g/mol. The van der Waals surface area contributed by atoms with Crippen LogP contribution in [0.25, 0.3) is 10.9 Å². The van der Waals surface area contributed by atoms with Crippen molar-refractivity contribution in [2.45, 2.75) is 19.9 Å². The molecule has 2 heterocycles. The van der Waals surface area contributed by atoms with Crippen LogP contribution in [-0.4, -0.2) is 14.8 Å². The Morgan fingerprint density at radius 2 is 2.06 bits per heavy atom. The Morgan fingerprint density at radius 1 is 1.22 bits per heavy atom. The number of nitrogens with zero attached hydrogens (tertiary/aromatic N) is 3. The minimum absolute atomic E-state index is 0.609. The van der Waals surface area contributed by atoms with E-state index in [9.17, 15) is 0 Å². The van der Waals surface area contributed by atoms with E-state index in [0.29, 0.717) is 18.3 Å². The highest BCUT2D eigenvalue weighted by Gasteiger charge is 2.07. The number of hydrogen-bond donors (Lipinski definition) is 0. The highest BCUT2D eigenvalue weighted by Crippen LogP contribution is 2.21. The number of hydrogen-bond acceptors (Lipinski definition) is 3. The maximum atomic E-state index is 5.53. The fraction of sp³-hybridized carbons (Fsp3) is 0.231. The van der Waals surface area contributed by atoms with Crippen molar-refractivity contribution in [3.05, 3.63) is 46.7 Å². The van der Waals surface area contributed by atoms with Crippen LogP contribution >= 0.6 is 15.9 Å². The molecule has 0 aliphatic carbocycles. The van der Waals surface area contributed by atoms with Crippen LogP contribution in [0.4, 0.5) is 0 Å². The molecule has 18 heavy (non-hydrogen) atoms. The lowest BCUT2D eigenvalue weighted by Gasteiger charge is -2.01. The second kappa shape index (κ2) is 4.57. The molecule has 5 heteroatoms. The van der Waals surface area contributed by atoms with Crippen molar-refractivity contribution in [2.24, 2.45) is 0 Å². The molecule has 0 radical (unpaired) electrons. The quantitative estimate of drug-likeness (QED) is 0.745. The van der Waals surface area contributed by atoms with E-state index >= 15 is 0 Å². The van der Waals surface area contributed by atoms with E-state index in [1.807, 2.05) is 19.2 Å². The largest absolute Gasteiger partial charge is 0.423 e. The fourth-order valence-corrected chi connectivity index (χ4v) is 2.33. The van der Waals surface area contributed by atoms with Crippen LogP contribution in [0.3, 0.4) is 0 Å². The second-order valence-electron chi connectivity index (χ2n) is 4.09. The van der Waals surface area contributed by atoms with Crippen LogP contribution in [0.1, 0.15) is 18.7 Å². The molecule has 3 rings (SSSR count). The Bertz CT molecular complexity index is 686. The van der Waals surface area contributed by atoms with Crippen molar-refractivity contribution in [2.75, 3.05) is 0 Å². The lowest BCUT2D eigenvalue weighted by Crippen LogP contribution is -1.97. The zero-order chi connectivity index (χ0) is 12.5. The minimum Gasteiger partial charge on any atom is -0.423 e. The Hall–Kier alpha value is -1.62. The first kappa shape index (κ1) is 11.5. The van der Waals surface area contributed by atoms with Gasteiger partial charge in [-0.15, -0.1) is 10.2 Å². The molecule has 0 atom stereocenters. The molecule has 92 valence electrons. The molecule has 0 aliphatic rings. The molecule has 0 fully saturated rings. The summed E-state index contributed by atoms with van der Waals surface area (Å²) in [4.78, 5) is 0. The molecule has 0 amide bonds. The van der Waals surface area contributed by atoms with Crippen molar-refractivity contribution in [3.8, 4) is 0 Å². The van der Waals surface area contributed by atoms with Crippen molar-refractivity contribution in [1.29, 1.82) is 0 Å².